The molecule has 1 saturated carbocycles. The lowest BCUT2D eigenvalue weighted by Gasteiger charge is -2.40. The maximum Gasteiger partial charge on any atom is 0.310 e. The second-order valence-electron chi connectivity index (χ2n) is 9.39. The number of unbranched alkanes of at least 4 members (excludes halogenated alkanes) is 4. The van der Waals surface area contributed by atoms with E-state index in [0.717, 1.165) is 23.6 Å². The molecule has 0 aromatic heterocycles. The van der Waals surface area contributed by atoms with Gasteiger partial charge in [-0.1, -0.05) is 89.1 Å². The molecule has 1 fully saturated rings. The Labute approximate surface area is 194 Å². The van der Waals surface area contributed by atoms with Crippen molar-refractivity contribution in [2.75, 3.05) is 0 Å². The lowest BCUT2D eigenvalue weighted by molar-refractivity contribution is 0.300. The van der Waals surface area contributed by atoms with Crippen LogP contribution in [0.1, 0.15) is 88.2 Å². The molecular weight excluding hydrogens is 455 g/mol. The van der Waals surface area contributed by atoms with Gasteiger partial charge in [0.05, 0.1) is 0 Å². The van der Waals surface area contributed by atoms with Crippen LogP contribution in [0.5, 0.6) is 5.75 Å². The van der Waals surface area contributed by atoms with Crippen LogP contribution in [0.3, 0.4) is 0 Å². The van der Waals surface area contributed by atoms with E-state index in [1.54, 1.807) is 0 Å². The summed E-state index contributed by atoms with van der Waals surface area (Å²) in [7, 11) is -9.65. The molecule has 0 saturated heterocycles. The molecule has 1 nitrogen and oxygen atoms in total. The van der Waals surface area contributed by atoms with Crippen LogP contribution in [0, 0.1) is 5.92 Å². The first-order valence-electron chi connectivity index (χ1n) is 12.0. The second-order valence-corrected chi connectivity index (χ2v) is 11.8. The SMILES string of the molecule is CCCCCCCC1CCC(c2ccc(COc3ccc(S(F)(F)(F)(F)F)cc3)cc2)CC1. The molecule has 0 atom stereocenters. The fourth-order valence-electron chi connectivity index (χ4n) is 4.67. The maximum absolute atomic E-state index is 12.8. The lowest BCUT2D eigenvalue weighted by atomic mass is 9.77. The van der Waals surface area contributed by atoms with Gasteiger partial charge in [0.15, 0.2) is 0 Å². The quantitative estimate of drug-likeness (QED) is 0.225. The van der Waals surface area contributed by atoms with Gasteiger partial charge in [-0.2, -0.15) is 0 Å². The Morgan fingerprint density at radius 1 is 0.758 bits per heavy atom. The lowest BCUT2D eigenvalue weighted by Crippen LogP contribution is -2.13. The van der Waals surface area contributed by atoms with Crippen LogP contribution in [-0.2, 0) is 6.61 Å². The van der Waals surface area contributed by atoms with Crippen molar-refractivity contribution < 1.29 is 24.2 Å². The van der Waals surface area contributed by atoms with Gasteiger partial charge in [0.2, 0.25) is 0 Å². The Morgan fingerprint density at radius 3 is 1.94 bits per heavy atom. The molecule has 1 aliphatic carbocycles. The zero-order valence-corrected chi connectivity index (χ0v) is 20.1. The van der Waals surface area contributed by atoms with E-state index in [1.165, 1.54) is 69.8 Å². The number of hydrogen-bond donors (Lipinski definition) is 0. The number of halogens is 5. The van der Waals surface area contributed by atoms with Gasteiger partial charge in [-0.05, 0) is 72.9 Å². The monoisotopic (exact) mass is 490 g/mol. The molecule has 2 aromatic rings. The summed E-state index contributed by atoms with van der Waals surface area (Å²) in [4.78, 5) is -1.90. The summed E-state index contributed by atoms with van der Waals surface area (Å²) in [6.45, 7) is 2.41. The van der Waals surface area contributed by atoms with E-state index in [4.69, 9.17) is 4.74 Å². The fraction of sp³-hybridized carbons (Fsp3) is 0.538. The van der Waals surface area contributed by atoms with Gasteiger partial charge in [0.1, 0.15) is 17.3 Å². The van der Waals surface area contributed by atoms with E-state index in [9.17, 15) is 19.4 Å². The number of rotatable bonds is 11. The highest BCUT2D eigenvalue weighted by atomic mass is 32.5. The molecular formula is C26H35F5OS. The van der Waals surface area contributed by atoms with Crippen molar-refractivity contribution in [2.24, 2.45) is 5.92 Å². The van der Waals surface area contributed by atoms with E-state index in [1.807, 2.05) is 12.1 Å². The van der Waals surface area contributed by atoms with Crippen LogP contribution in [-0.4, -0.2) is 0 Å². The summed E-state index contributed by atoms with van der Waals surface area (Å²) < 4.78 is 69.5. The normalized spacial score (nSPS) is 21.3. The topological polar surface area (TPSA) is 9.23 Å². The van der Waals surface area contributed by atoms with E-state index in [0.29, 0.717) is 18.1 Å². The van der Waals surface area contributed by atoms with E-state index in [-0.39, 0.29) is 12.4 Å². The van der Waals surface area contributed by atoms with Gasteiger partial charge in [0, 0.05) is 0 Å². The Hall–Kier alpha value is -1.76. The molecule has 0 spiro atoms. The van der Waals surface area contributed by atoms with Crippen LogP contribution in [0.15, 0.2) is 53.4 Å². The molecule has 0 unspecified atom stereocenters. The summed E-state index contributed by atoms with van der Waals surface area (Å²) >= 11 is 0. The smallest absolute Gasteiger partial charge is 0.310 e. The third-order valence-corrected chi connectivity index (χ3v) is 7.85. The van der Waals surface area contributed by atoms with Crippen molar-refractivity contribution in [2.45, 2.75) is 88.6 Å². The van der Waals surface area contributed by atoms with Crippen molar-refractivity contribution in [3.63, 3.8) is 0 Å². The van der Waals surface area contributed by atoms with E-state index in [2.05, 4.69) is 19.1 Å². The molecule has 33 heavy (non-hydrogen) atoms. The second kappa shape index (κ2) is 9.85. The van der Waals surface area contributed by atoms with E-state index >= 15 is 0 Å². The molecule has 0 aliphatic heterocycles. The predicted molar refractivity (Wildman–Crippen MR) is 127 cm³/mol. The maximum atomic E-state index is 12.8. The largest absolute Gasteiger partial charge is 0.489 e. The van der Waals surface area contributed by atoms with Gasteiger partial charge in [-0.15, -0.1) is 0 Å². The van der Waals surface area contributed by atoms with Gasteiger partial charge in [-0.25, -0.2) is 0 Å². The van der Waals surface area contributed by atoms with Crippen molar-refractivity contribution in [1.82, 2.24) is 0 Å². The number of ether oxygens (including phenoxy) is 1. The molecule has 0 N–H and O–H groups in total. The molecule has 3 rings (SSSR count). The minimum Gasteiger partial charge on any atom is -0.489 e. The minimum atomic E-state index is -9.65. The van der Waals surface area contributed by atoms with Crippen LogP contribution in [0.25, 0.3) is 0 Å². The highest BCUT2D eigenvalue weighted by Crippen LogP contribution is 3.02. The zero-order chi connectivity index (χ0) is 24.0. The van der Waals surface area contributed by atoms with Crippen molar-refractivity contribution in [1.29, 1.82) is 0 Å². The van der Waals surface area contributed by atoms with Crippen LogP contribution in [0.4, 0.5) is 19.4 Å². The molecule has 0 amide bonds. The van der Waals surface area contributed by atoms with Gasteiger partial charge < -0.3 is 4.74 Å². The molecule has 7 heteroatoms. The highest BCUT2D eigenvalue weighted by Gasteiger charge is 2.65. The fourth-order valence-corrected chi connectivity index (χ4v) is 5.32. The molecule has 0 heterocycles. The molecule has 0 radical (unpaired) electrons. The van der Waals surface area contributed by atoms with Crippen molar-refractivity contribution in [3.05, 3.63) is 59.7 Å². The van der Waals surface area contributed by atoms with Crippen molar-refractivity contribution in [3.8, 4) is 5.75 Å². The summed E-state index contributed by atoms with van der Waals surface area (Å²) in [6.07, 6.45) is 13.1. The third kappa shape index (κ3) is 8.20. The van der Waals surface area contributed by atoms with Crippen LogP contribution in [0.2, 0.25) is 0 Å². The van der Waals surface area contributed by atoms with Crippen LogP contribution < -0.4 is 4.74 Å². The summed E-state index contributed by atoms with van der Waals surface area (Å²) in [5.41, 5.74) is 2.21. The molecule has 0 bridgehead atoms. The van der Waals surface area contributed by atoms with E-state index < -0.39 is 15.1 Å². The first kappa shape index (κ1) is 25.9. The first-order valence-corrected chi connectivity index (χ1v) is 14.0. The van der Waals surface area contributed by atoms with Gasteiger partial charge in [-0.3, -0.25) is 0 Å². The number of hydrogen-bond acceptors (Lipinski definition) is 1. The summed E-state index contributed by atoms with van der Waals surface area (Å²) in [6, 6.07) is 10.8. The Morgan fingerprint density at radius 2 is 1.36 bits per heavy atom. The minimum absolute atomic E-state index is 0.123. The van der Waals surface area contributed by atoms with Gasteiger partial charge >= 0.3 is 10.2 Å². The van der Waals surface area contributed by atoms with Gasteiger partial charge in [0.25, 0.3) is 0 Å². The Balaban J connectivity index is 1.44. The molecule has 1 aliphatic rings. The number of benzene rings is 2. The molecule has 186 valence electrons. The molecule has 2 aromatic carbocycles. The average molecular weight is 491 g/mol. The average Bonchev–Trinajstić information content (AvgIpc) is 2.77. The Bertz CT molecular complexity index is 870. The first-order chi connectivity index (χ1) is 15.4. The van der Waals surface area contributed by atoms with Crippen molar-refractivity contribution >= 4 is 10.2 Å². The zero-order valence-electron chi connectivity index (χ0n) is 19.3. The third-order valence-electron chi connectivity index (χ3n) is 6.69. The standard InChI is InChI=1S/C26H35F5OS/c1-2-3-4-5-6-7-21-8-12-23(13-9-21)24-14-10-22(11-15-24)20-32-25-16-18-26(19-17-25)33(27,28,29,30)31/h10-11,14-19,21,23H,2-9,12-13,20H2,1H3. The summed E-state index contributed by atoms with van der Waals surface area (Å²) in [5.74, 6) is 1.56. The predicted octanol–water partition coefficient (Wildman–Crippen LogP) is 10.6. The van der Waals surface area contributed by atoms with Crippen LogP contribution >= 0.6 is 10.2 Å². The highest BCUT2D eigenvalue weighted by molar-refractivity contribution is 8.45. The summed E-state index contributed by atoms with van der Waals surface area (Å²) in [5, 5.41) is 0. The Kier molecular flexibility index (Phi) is 7.72.